The largest absolute Gasteiger partial charge is 0.497 e. The lowest BCUT2D eigenvalue weighted by Crippen LogP contribution is -2.35. The van der Waals surface area contributed by atoms with Crippen molar-refractivity contribution in [3.63, 3.8) is 0 Å². The van der Waals surface area contributed by atoms with Gasteiger partial charge in [0, 0.05) is 6.54 Å². The number of hydrogen-bond donors (Lipinski definition) is 2. The quantitative estimate of drug-likeness (QED) is 0.776. The molecule has 1 aromatic carbocycles. The van der Waals surface area contributed by atoms with Crippen LogP contribution in [-0.2, 0) is 16.0 Å². The van der Waals surface area contributed by atoms with Crippen molar-refractivity contribution in [2.45, 2.75) is 18.9 Å². The summed E-state index contributed by atoms with van der Waals surface area (Å²) in [5.74, 6) is -0.656. The van der Waals surface area contributed by atoms with Gasteiger partial charge >= 0.3 is 5.97 Å². The molecule has 0 spiro atoms. The zero-order valence-corrected chi connectivity index (χ0v) is 10.1. The first-order valence-corrected chi connectivity index (χ1v) is 5.76. The molecule has 1 aromatic rings. The number of carbonyl (C=O) groups excluding carboxylic acids is 1. The van der Waals surface area contributed by atoms with E-state index in [1.54, 1.807) is 13.2 Å². The van der Waals surface area contributed by atoms with Crippen molar-refractivity contribution < 1.29 is 19.4 Å². The molecular formula is C13H15NO4. The van der Waals surface area contributed by atoms with Gasteiger partial charge in [-0.05, 0) is 29.7 Å². The Morgan fingerprint density at radius 3 is 2.94 bits per heavy atom. The number of ketones is 1. The van der Waals surface area contributed by atoms with Crippen LogP contribution in [0.1, 0.15) is 23.6 Å². The second kappa shape index (κ2) is 5.18. The second-order valence-electron chi connectivity index (χ2n) is 4.24. The number of aliphatic carboxylic acids is 1. The fraction of sp³-hybridized carbons (Fsp3) is 0.385. The number of ether oxygens (including phenoxy) is 1. The molecule has 1 heterocycles. The molecule has 1 unspecified atom stereocenters. The first-order valence-electron chi connectivity index (χ1n) is 5.76. The monoisotopic (exact) mass is 249 g/mol. The van der Waals surface area contributed by atoms with Gasteiger partial charge in [0.25, 0.3) is 0 Å². The molecule has 18 heavy (non-hydrogen) atoms. The predicted molar refractivity (Wildman–Crippen MR) is 64.7 cm³/mol. The second-order valence-corrected chi connectivity index (χ2v) is 4.24. The van der Waals surface area contributed by atoms with Crippen LogP contribution in [0.4, 0.5) is 0 Å². The van der Waals surface area contributed by atoms with Crippen molar-refractivity contribution in [2.75, 3.05) is 13.7 Å². The predicted octanol–water partition coefficient (Wildman–Crippen LogP) is 0.926. The lowest BCUT2D eigenvalue weighted by Gasteiger charge is -2.25. The standard InChI is InChI=1S/C13H15NO4/c1-18-9-2-3-10-8(6-9)4-5-14-13(10)11(15)7-12(16)17/h2-3,6,13-14H,4-5,7H2,1H3,(H,16,17). The minimum atomic E-state index is -1.09. The Hall–Kier alpha value is -1.88. The van der Waals surface area contributed by atoms with Crippen LogP contribution in [0.2, 0.25) is 0 Å². The van der Waals surface area contributed by atoms with E-state index in [0.717, 1.165) is 23.3 Å². The molecule has 96 valence electrons. The summed E-state index contributed by atoms with van der Waals surface area (Å²) in [4.78, 5) is 22.4. The summed E-state index contributed by atoms with van der Waals surface area (Å²) < 4.78 is 5.14. The normalized spacial score (nSPS) is 17.9. The average molecular weight is 249 g/mol. The Labute approximate surface area is 105 Å². The fourth-order valence-electron chi connectivity index (χ4n) is 2.21. The molecular weight excluding hydrogens is 234 g/mol. The molecule has 5 heteroatoms. The molecule has 1 atom stereocenters. The smallest absolute Gasteiger partial charge is 0.310 e. The third-order valence-corrected chi connectivity index (χ3v) is 3.05. The van der Waals surface area contributed by atoms with E-state index in [-0.39, 0.29) is 5.78 Å². The molecule has 0 amide bonds. The van der Waals surface area contributed by atoms with Crippen LogP contribution in [0.3, 0.4) is 0 Å². The zero-order valence-electron chi connectivity index (χ0n) is 10.1. The van der Waals surface area contributed by atoms with E-state index in [1.807, 2.05) is 12.1 Å². The van der Waals surface area contributed by atoms with Gasteiger partial charge in [-0.3, -0.25) is 9.59 Å². The van der Waals surface area contributed by atoms with E-state index in [1.165, 1.54) is 0 Å². The first-order chi connectivity index (χ1) is 8.61. The van der Waals surface area contributed by atoms with E-state index >= 15 is 0 Å². The number of benzene rings is 1. The summed E-state index contributed by atoms with van der Waals surface area (Å²) in [7, 11) is 1.59. The van der Waals surface area contributed by atoms with E-state index < -0.39 is 18.4 Å². The van der Waals surface area contributed by atoms with Crippen LogP contribution in [0, 0.1) is 0 Å². The Balaban J connectivity index is 2.27. The molecule has 1 aliphatic heterocycles. The molecule has 0 bridgehead atoms. The van der Waals surface area contributed by atoms with Crippen LogP contribution in [-0.4, -0.2) is 30.5 Å². The molecule has 5 nitrogen and oxygen atoms in total. The van der Waals surface area contributed by atoms with E-state index in [4.69, 9.17) is 9.84 Å². The maximum Gasteiger partial charge on any atom is 0.310 e. The average Bonchev–Trinajstić information content (AvgIpc) is 2.36. The number of Topliss-reactive ketones (excluding diaryl/α,β-unsaturated/α-hetero) is 1. The van der Waals surface area contributed by atoms with Gasteiger partial charge in [-0.1, -0.05) is 6.07 Å². The molecule has 1 aliphatic rings. The molecule has 0 aromatic heterocycles. The van der Waals surface area contributed by atoms with Crippen molar-refractivity contribution in [3.05, 3.63) is 29.3 Å². The highest BCUT2D eigenvalue weighted by molar-refractivity contribution is 5.98. The molecule has 2 rings (SSSR count). The number of fused-ring (bicyclic) bond motifs is 1. The third kappa shape index (κ3) is 2.51. The van der Waals surface area contributed by atoms with Gasteiger partial charge < -0.3 is 15.2 Å². The van der Waals surface area contributed by atoms with Crippen molar-refractivity contribution in [1.29, 1.82) is 0 Å². The number of rotatable bonds is 4. The third-order valence-electron chi connectivity index (χ3n) is 3.05. The zero-order chi connectivity index (χ0) is 13.1. The highest BCUT2D eigenvalue weighted by atomic mass is 16.5. The summed E-state index contributed by atoms with van der Waals surface area (Å²) in [6, 6.07) is 4.99. The van der Waals surface area contributed by atoms with Crippen LogP contribution in [0.15, 0.2) is 18.2 Å². The van der Waals surface area contributed by atoms with E-state index in [2.05, 4.69) is 5.32 Å². The van der Waals surface area contributed by atoms with Gasteiger partial charge in [0.2, 0.25) is 0 Å². The Bertz CT molecular complexity index is 484. The van der Waals surface area contributed by atoms with Crippen LogP contribution >= 0.6 is 0 Å². The Morgan fingerprint density at radius 2 is 2.28 bits per heavy atom. The van der Waals surface area contributed by atoms with Gasteiger partial charge in [0.15, 0.2) is 5.78 Å². The molecule has 0 radical (unpaired) electrons. The lowest BCUT2D eigenvalue weighted by atomic mass is 9.91. The molecule has 0 fully saturated rings. The van der Waals surface area contributed by atoms with Gasteiger partial charge in [-0.15, -0.1) is 0 Å². The summed E-state index contributed by atoms with van der Waals surface area (Å²) in [6.45, 7) is 0.663. The summed E-state index contributed by atoms with van der Waals surface area (Å²) >= 11 is 0. The number of carboxylic acids is 1. The van der Waals surface area contributed by atoms with E-state index in [0.29, 0.717) is 6.54 Å². The fourth-order valence-corrected chi connectivity index (χ4v) is 2.21. The summed E-state index contributed by atoms with van der Waals surface area (Å²) in [6.07, 6.45) is 0.354. The molecule has 0 saturated carbocycles. The van der Waals surface area contributed by atoms with Crippen LogP contribution in [0.5, 0.6) is 5.75 Å². The number of carboxylic acid groups (broad SMARTS) is 1. The van der Waals surface area contributed by atoms with Gasteiger partial charge in [-0.2, -0.15) is 0 Å². The highest BCUT2D eigenvalue weighted by Crippen LogP contribution is 2.27. The first kappa shape index (κ1) is 12.6. The number of carbonyl (C=O) groups is 2. The van der Waals surface area contributed by atoms with Crippen molar-refractivity contribution >= 4 is 11.8 Å². The van der Waals surface area contributed by atoms with Crippen LogP contribution in [0.25, 0.3) is 0 Å². The van der Waals surface area contributed by atoms with Crippen molar-refractivity contribution in [1.82, 2.24) is 5.32 Å². The molecule has 0 saturated heterocycles. The Morgan fingerprint density at radius 1 is 1.50 bits per heavy atom. The number of methoxy groups -OCH3 is 1. The number of hydrogen-bond acceptors (Lipinski definition) is 4. The molecule has 2 N–H and O–H groups in total. The van der Waals surface area contributed by atoms with Gasteiger partial charge in [0.1, 0.15) is 12.2 Å². The Kier molecular flexibility index (Phi) is 3.62. The van der Waals surface area contributed by atoms with Crippen molar-refractivity contribution in [2.24, 2.45) is 0 Å². The van der Waals surface area contributed by atoms with Gasteiger partial charge in [-0.25, -0.2) is 0 Å². The highest BCUT2D eigenvalue weighted by Gasteiger charge is 2.27. The van der Waals surface area contributed by atoms with Gasteiger partial charge in [0.05, 0.1) is 13.2 Å². The lowest BCUT2D eigenvalue weighted by molar-refractivity contribution is -0.140. The number of nitrogens with one attached hydrogen (secondary N) is 1. The summed E-state index contributed by atoms with van der Waals surface area (Å²) in [5, 5.41) is 11.7. The SMILES string of the molecule is COc1ccc2c(c1)CCNC2C(=O)CC(=O)O. The topological polar surface area (TPSA) is 75.6 Å². The van der Waals surface area contributed by atoms with Crippen LogP contribution < -0.4 is 10.1 Å². The molecule has 0 aliphatic carbocycles. The maximum absolute atomic E-state index is 11.9. The maximum atomic E-state index is 11.9. The minimum Gasteiger partial charge on any atom is -0.497 e. The van der Waals surface area contributed by atoms with E-state index in [9.17, 15) is 9.59 Å². The van der Waals surface area contributed by atoms with Crippen molar-refractivity contribution in [3.8, 4) is 5.75 Å². The minimum absolute atomic E-state index is 0.311. The summed E-state index contributed by atoms with van der Waals surface area (Å²) in [5.41, 5.74) is 1.89.